The molecule has 0 saturated carbocycles. The van der Waals surface area contributed by atoms with E-state index in [0.29, 0.717) is 30.9 Å². The number of aryl methyl sites for hydroxylation is 2. The minimum Gasteiger partial charge on any atom is -0.330 e. The van der Waals surface area contributed by atoms with Gasteiger partial charge in [0.1, 0.15) is 6.04 Å². The molecule has 8 nitrogen and oxygen atoms in total. The minimum absolute atomic E-state index is 0.166. The lowest BCUT2D eigenvalue weighted by atomic mass is 9.94. The largest absolute Gasteiger partial charge is 0.330 e. The van der Waals surface area contributed by atoms with Crippen molar-refractivity contribution in [3.8, 4) is 0 Å². The van der Waals surface area contributed by atoms with Gasteiger partial charge in [0.2, 0.25) is 11.8 Å². The van der Waals surface area contributed by atoms with Crippen molar-refractivity contribution in [3.63, 3.8) is 0 Å². The van der Waals surface area contributed by atoms with E-state index in [0.717, 1.165) is 17.0 Å². The molecule has 2 rings (SSSR count). The van der Waals surface area contributed by atoms with Gasteiger partial charge in [-0.05, 0) is 33.1 Å². The normalized spacial score (nSPS) is 18.6. The van der Waals surface area contributed by atoms with Crippen LogP contribution in [0.15, 0.2) is 0 Å². The van der Waals surface area contributed by atoms with E-state index in [2.05, 4.69) is 10.3 Å². The van der Waals surface area contributed by atoms with Crippen molar-refractivity contribution < 1.29 is 24.0 Å². The molecule has 0 radical (unpaired) electrons. The quantitative estimate of drug-likeness (QED) is 0.447. The Morgan fingerprint density at radius 1 is 1.39 bits per heavy atom. The predicted octanol–water partition coefficient (Wildman–Crippen LogP) is 2.34. The molecule has 1 fully saturated rings. The molecule has 3 N–H and O–H groups in total. The third kappa shape index (κ3) is 5.05. The van der Waals surface area contributed by atoms with Crippen LogP contribution in [-0.2, 0) is 14.4 Å². The zero-order valence-corrected chi connectivity index (χ0v) is 17.1. The Morgan fingerprint density at radius 2 is 2.11 bits per heavy atom. The Hall–Kier alpha value is -2.07. The van der Waals surface area contributed by atoms with Crippen LogP contribution in [0.3, 0.4) is 0 Å². The number of halogens is 1. The van der Waals surface area contributed by atoms with E-state index in [1.165, 1.54) is 21.7 Å². The SMILES string of the molecule is CCCC[C@@H](C(=O)N1CCCC1C(=O)Nc1nc(C)c(C)s1)[C@@H](F)C(=O)NO. The Labute approximate surface area is 167 Å². The van der Waals surface area contributed by atoms with Crippen LogP contribution in [0, 0.1) is 19.8 Å². The highest BCUT2D eigenvalue weighted by molar-refractivity contribution is 7.15. The number of thiazole rings is 1. The molecule has 1 saturated heterocycles. The van der Waals surface area contributed by atoms with Crippen LogP contribution >= 0.6 is 11.3 Å². The standard InChI is InChI=1S/C18H27FN4O4S/c1-4-5-7-12(14(19)16(25)22-27)17(26)23-9-6-8-13(23)15(24)21-18-20-10(2)11(3)28-18/h12-14,27H,4-9H2,1-3H3,(H,22,25)(H,20,21,24)/t12-,13?,14-/m1/s1. The number of carbonyl (C=O) groups excluding carboxylic acids is 3. The summed E-state index contributed by atoms with van der Waals surface area (Å²) in [6.07, 6.45) is 0.354. The Balaban J connectivity index is 2.13. The number of nitrogens with one attached hydrogen (secondary N) is 2. The van der Waals surface area contributed by atoms with Crippen LogP contribution < -0.4 is 10.8 Å². The summed E-state index contributed by atoms with van der Waals surface area (Å²) in [5.74, 6) is -3.42. The fraction of sp³-hybridized carbons (Fsp3) is 0.667. The molecule has 1 unspecified atom stereocenters. The maximum atomic E-state index is 14.5. The molecule has 1 aliphatic heterocycles. The van der Waals surface area contributed by atoms with E-state index in [9.17, 15) is 18.8 Å². The van der Waals surface area contributed by atoms with Gasteiger partial charge in [0.25, 0.3) is 5.91 Å². The Bertz CT molecular complexity index is 707. The van der Waals surface area contributed by atoms with Crippen LogP contribution in [0.25, 0.3) is 0 Å². The lowest BCUT2D eigenvalue weighted by Crippen LogP contribution is -2.49. The fourth-order valence-corrected chi connectivity index (χ4v) is 4.11. The second kappa shape index (κ2) is 9.92. The number of hydrogen-bond donors (Lipinski definition) is 3. The van der Waals surface area contributed by atoms with Crippen molar-refractivity contribution in [1.82, 2.24) is 15.4 Å². The van der Waals surface area contributed by atoms with E-state index in [4.69, 9.17) is 5.21 Å². The third-order valence-corrected chi connectivity index (χ3v) is 5.99. The molecule has 10 heteroatoms. The number of unbranched alkanes of at least 4 members (excludes halogenated alkanes) is 1. The molecule has 0 aliphatic carbocycles. The van der Waals surface area contributed by atoms with Crippen molar-refractivity contribution in [2.24, 2.45) is 5.92 Å². The van der Waals surface area contributed by atoms with Crippen LogP contribution in [-0.4, -0.2) is 51.6 Å². The monoisotopic (exact) mass is 414 g/mol. The highest BCUT2D eigenvalue weighted by Gasteiger charge is 2.41. The third-order valence-electron chi connectivity index (χ3n) is 5.00. The van der Waals surface area contributed by atoms with Gasteiger partial charge in [-0.1, -0.05) is 19.8 Å². The highest BCUT2D eigenvalue weighted by Crippen LogP contribution is 2.27. The molecule has 0 spiro atoms. The average molecular weight is 415 g/mol. The number of alkyl halides is 1. The molecular weight excluding hydrogens is 387 g/mol. The number of likely N-dealkylation sites (tertiary alicyclic amines) is 1. The molecule has 0 bridgehead atoms. The first-order valence-electron chi connectivity index (χ1n) is 9.43. The van der Waals surface area contributed by atoms with Gasteiger partial charge in [-0.25, -0.2) is 14.9 Å². The summed E-state index contributed by atoms with van der Waals surface area (Å²) in [7, 11) is 0. The highest BCUT2D eigenvalue weighted by atomic mass is 32.1. The lowest BCUT2D eigenvalue weighted by molar-refractivity contribution is -0.148. The van der Waals surface area contributed by atoms with Gasteiger partial charge >= 0.3 is 0 Å². The number of nitrogens with zero attached hydrogens (tertiary/aromatic N) is 2. The molecule has 1 aromatic rings. The van der Waals surface area contributed by atoms with Crippen LogP contribution in [0.1, 0.15) is 49.6 Å². The topological polar surface area (TPSA) is 112 Å². The number of anilines is 1. The minimum atomic E-state index is -2.17. The molecular formula is C18H27FN4O4S. The van der Waals surface area contributed by atoms with Crippen molar-refractivity contribution >= 4 is 34.2 Å². The number of aromatic nitrogens is 1. The van der Waals surface area contributed by atoms with Gasteiger partial charge < -0.3 is 10.2 Å². The maximum Gasteiger partial charge on any atom is 0.278 e. The predicted molar refractivity (Wildman–Crippen MR) is 103 cm³/mol. The number of carbonyl (C=O) groups is 3. The summed E-state index contributed by atoms with van der Waals surface area (Å²) in [5.41, 5.74) is 2.10. The first kappa shape index (κ1) is 22.2. The van der Waals surface area contributed by atoms with Crippen LogP contribution in [0.2, 0.25) is 0 Å². The Kier molecular flexibility index (Phi) is 7.88. The summed E-state index contributed by atoms with van der Waals surface area (Å²) >= 11 is 1.35. The summed E-state index contributed by atoms with van der Waals surface area (Å²) < 4.78 is 14.5. The molecule has 3 amide bonds. The van der Waals surface area contributed by atoms with Crippen molar-refractivity contribution in [1.29, 1.82) is 0 Å². The van der Waals surface area contributed by atoms with Crippen molar-refractivity contribution in [2.75, 3.05) is 11.9 Å². The van der Waals surface area contributed by atoms with E-state index in [-0.39, 0.29) is 12.3 Å². The summed E-state index contributed by atoms with van der Waals surface area (Å²) in [5, 5.41) is 11.9. The molecule has 2 heterocycles. The van der Waals surface area contributed by atoms with Gasteiger partial charge in [0, 0.05) is 11.4 Å². The Morgan fingerprint density at radius 3 is 2.68 bits per heavy atom. The molecule has 1 aliphatic rings. The average Bonchev–Trinajstić information content (AvgIpc) is 3.27. The molecule has 0 aromatic carbocycles. The van der Waals surface area contributed by atoms with E-state index in [1.807, 2.05) is 20.8 Å². The summed E-state index contributed by atoms with van der Waals surface area (Å²) in [6.45, 7) is 5.96. The second-order valence-electron chi connectivity index (χ2n) is 6.97. The van der Waals surface area contributed by atoms with Crippen LogP contribution in [0.4, 0.5) is 9.52 Å². The number of amides is 3. The molecule has 156 valence electrons. The maximum absolute atomic E-state index is 14.5. The summed E-state index contributed by atoms with van der Waals surface area (Å²) in [6, 6.07) is -0.731. The zero-order valence-electron chi connectivity index (χ0n) is 16.3. The number of hydrogen-bond acceptors (Lipinski definition) is 6. The first-order chi connectivity index (χ1) is 13.3. The molecule has 1 aromatic heterocycles. The van der Waals surface area contributed by atoms with E-state index in [1.54, 1.807) is 0 Å². The van der Waals surface area contributed by atoms with Crippen LogP contribution in [0.5, 0.6) is 0 Å². The van der Waals surface area contributed by atoms with Crippen molar-refractivity contribution in [3.05, 3.63) is 10.6 Å². The van der Waals surface area contributed by atoms with E-state index >= 15 is 0 Å². The van der Waals surface area contributed by atoms with E-state index < -0.39 is 29.9 Å². The van der Waals surface area contributed by atoms with Gasteiger partial charge in [0.15, 0.2) is 11.3 Å². The first-order valence-corrected chi connectivity index (χ1v) is 10.2. The van der Waals surface area contributed by atoms with Gasteiger partial charge in [0.05, 0.1) is 11.6 Å². The summed E-state index contributed by atoms with van der Waals surface area (Å²) in [4.78, 5) is 43.8. The lowest BCUT2D eigenvalue weighted by Gasteiger charge is -2.29. The number of hydroxylamine groups is 1. The molecule has 28 heavy (non-hydrogen) atoms. The fourth-order valence-electron chi connectivity index (χ4n) is 3.29. The smallest absolute Gasteiger partial charge is 0.278 e. The second-order valence-corrected chi connectivity index (χ2v) is 8.17. The molecule has 3 atom stereocenters. The van der Waals surface area contributed by atoms with Gasteiger partial charge in [-0.15, -0.1) is 11.3 Å². The van der Waals surface area contributed by atoms with Gasteiger partial charge in [-0.2, -0.15) is 0 Å². The van der Waals surface area contributed by atoms with Crippen molar-refractivity contribution in [2.45, 2.75) is 65.1 Å². The zero-order chi connectivity index (χ0) is 20.8. The van der Waals surface area contributed by atoms with Gasteiger partial charge in [-0.3, -0.25) is 19.6 Å². The number of rotatable bonds is 8.